The van der Waals surface area contributed by atoms with Gasteiger partial charge in [0.2, 0.25) is 0 Å². The smallest absolute Gasteiger partial charge is 0.120 e. The number of benzene rings is 2. The molecule has 1 fully saturated rings. The Kier molecular flexibility index (Phi) is 4.73. The van der Waals surface area contributed by atoms with Crippen molar-refractivity contribution in [3.05, 3.63) is 42.5 Å². The molecule has 2 unspecified atom stereocenters. The van der Waals surface area contributed by atoms with E-state index in [2.05, 4.69) is 48.6 Å². The summed E-state index contributed by atoms with van der Waals surface area (Å²) in [6.45, 7) is 4.71. The van der Waals surface area contributed by atoms with Gasteiger partial charge in [-0.15, -0.1) is 0 Å². The van der Waals surface area contributed by atoms with E-state index in [-0.39, 0.29) is 6.10 Å². The Labute approximate surface area is 126 Å². The molecule has 2 aromatic carbocycles. The highest BCUT2D eigenvalue weighted by Crippen LogP contribution is 2.23. The molecule has 1 heterocycles. The van der Waals surface area contributed by atoms with Gasteiger partial charge < -0.3 is 14.8 Å². The van der Waals surface area contributed by atoms with Crippen LogP contribution in [0.5, 0.6) is 5.75 Å². The second-order valence-corrected chi connectivity index (χ2v) is 5.59. The van der Waals surface area contributed by atoms with Gasteiger partial charge in [0.15, 0.2) is 0 Å². The minimum atomic E-state index is 0.222. The minimum Gasteiger partial charge on any atom is -0.491 e. The Balaban J connectivity index is 1.52. The quantitative estimate of drug-likeness (QED) is 0.882. The van der Waals surface area contributed by atoms with Gasteiger partial charge in [-0.1, -0.05) is 37.3 Å². The number of fused-ring (bicyclic) bond motifs is 1. The molecule has 112 valence electrons. The lowest BCUT2D eigenvalue weighted by atomic mass is 10.1. The fourth-order valence-electron chi connectivity index (χ4n) is 2.80. The molecule has 0 amide bonds. The summed E-state index contributed by atoms with van der Waals surface area (Å²) in [6.07, 6.45) is 2.78. The Morgan fingerprint density at radius 3 is 2.76 bits per heavy atom. The lowest BCUT2D eigenvalue weighted by Gasteiger charge is -2.15. The highest BCUT2D eigenvalue weighted by Gasteiger charge is 2.25. The third-order valence-electron chi connectivity index (χ3n) is 3.97. The van der Waals surface area contributed by atoms with Gasteiger partial charge in [0, 0.05) is 6.54 Å². The summed E-state index contributed by atoms with van der Waals surface area (Å²) in [5.41, 5.74) is 0. The van der Waals surface area contributed by atoms with Crippen LogP contribution >= 0.6 is 0 Å². The van der Waals surface area contributed by atoms with Crippen molar-refractivity contribution in [2.24, 2.45) is 0 Å². The van der Waals surface area contributed by atoms with Crippen LogP contribution < -0.4 is 10.1 Å². The van der Waals surface area contributed by atoms with Crippen molar-refractivity contribution in [3.8, 4) is 5.75 Å². The molecule has 0 spiro atoms. The highest BCUT2D eigenvalue weighted by atomic mass is 16.5. The molecule has 0 bridgehead atoms. The largest absolute Gasteiger partial charge is 0.491 e. The summed E-state index contributed by atoms with van der Waals surface area (Å²) in [7, 11) is 0. The van der Waals surface area contributed by atoms with Gasteiger partial charge in [-0.05, 0) is 42.3 Å². The molecule has 21 heavy (non-hydrogen) atoms. The first kappa shape index (κ1) is 14.4. The summed E-state index contributed by atoms with van der Waals surface area (Å²) in [5.74, 6) is 0.924. The van der Waals surface area contributed by atoms with E-state index in [0.29, 0.717) is 12.7 Å². The van der Waals surface area contributed by atoms with Crippen molar-refractivity contribution in [2.45, 2.75) is 32.0 Å². The molecule has 0 radical (unpaired) electrons. The number of hydrogen-bond donors (Lipinski definition) is 1. The average Bonchev–Trinajstić information content (AvgIpc) is 2.98. The number of ether oxygens (including phenoxy) is 2. The molecule has 1 aliphatic rings. The molecule has 1 aliphatic heterocycles. The number of rotatable bonds is 6. The van der Waals surface area contributed by atoms with Crippen LogP contribution in [0.4, 0.5) is 0 Å². The van der Waals surface area contributed by atoms with E-state index in [0.717, 1.165) is 31.7 Å². The molecule has 1 saturated heterocycles. The Hall–Kier alpha value is -1.58. The maximum absolute atomic E-state index is 5.99. The van der Waals surface area contributed by atoms with E-state index in [1.54, 1.807) is 0 Å². The zero-order valence-corrected chi connectivity index (χ0v) is 12.5. The van der Waals surface area contributed by atoms with Crippen molar-refractivity contribution in [2.75, 3.05) is 19.7 Å². The average molecular weight is 285 g/mol. The molecule has 2 aromatic rings. The van der Waals surface area contributed by atoms with Gasteiger partial charge in [0.25, 0.3) is 0 Å². The van der Waals surface area contributed by atoms with E-state index < -0.39 is 0 Å². The van der Waals surface area contributed by atoms with Crippen LogP contribution in [0.3, 0.4) is 0 Å². The fraction of sp³-hybridized carbons (Fsp3) is 0.444. The molecular formula is C18H23NO2. The SMILES string of the molecule is CCNCC1CCC(COc2ccc3ccccc3c2)O1. The summed E-state index contributed by atoms with van der Waals surface area (Å²) in [6, 6.07) is 14.6. The van der Waals surface area contributed by atoms with Gasteiger partial charge in [0.05, 0.1) is 12.2 Å². The predicted molar refractivity (Wildman–Crippen MR) is 85.9 cm³/mol. The maximum Gasteiger partial charge on any atom is 0.120 e. The van der Waals surface area contributed by atoms with E-state index >= 15 is 0 Å². The summed E-state index contributed by atoms with van der Waals surface area (Å²) in [5, 5.41) is 5.80. The maximum atomic E-state index is 5.99. The third kappa shape index (κ3) is 3.74. The van der Waals surface area contributed by atoms with E-state index in [9.17, 15) is 0 Å². The minimum absolute atomic E-state index is 0.222. The Morgan fingerprint density at radius 1 is 1.10 bits per heavy atom. The monoisotopic (exact) mass is 285 g/mol. The molecule has 0 aliphatic carbocycles. The van der Waals surface area contributed by atoms with Crippen LogP contribution in [0.2, 0.25) is 0 Å². The lowest BCUT2D eigenvalue weighted by Crippen LogP contribution is -2.28. The molecular weight excluding hydrogens is 262 g/mol. The van der Waals surface area contributed by atoms with Crippen LogP contribution in [0, 0.1) is 0 Å². The molecule has 0 aromatic heterocycles. The number of nitrogens with one attached hydrogen (secondary N) is 1. The molecule has 2 atom stereocenters. The van der Waals surface area contributed by atoms with Crippen molar-refractivity contribution >= 4 is 10.8 Å². The second-order valence-electron chi connectivity index (χ2n) is 5.59. The second kappa shape index (κ2) is 6.92. The number of hydrogen-bond acceptors (Lipinski definition) is 3. The van der Waals surface area contributed by atoms with Crippen molar-refractivity contribution in [1.29, 1.82) is 0 Å². The Bertz CT molecular complexity index is 584. The Morgan fingerprint density at radius 2 is 1.90 bits per heavy atom. The van der Waals surface area contributed by atoms with Crippen LogP contribution in [0.1, 0.15) is 19.8 Å². The van der Waals surface area contributed by atoms with Gasteiger partial charge in [0.1, 0.15) is 12.4 Å². The van der Waals surface area contributed by atoms with Crippen molar-refractivity contribution < 1.29 is 9.47 Å². The number of likely N-dealkylation sites (N-methyl/N-ethyl adjacent to an activating group) is 1. The summed E-state index contributed by atoms with van der Waals surface area (Å²) >= 11 is 0. The molecule has 3 heteroatoms. The van der Waals surface area contributed by atoms with Crippen molar-refractivity contribution in [3.63, 3.8) is 0 Å². The van der Waals surface area contributed by atoms with E-state index in [1.165, 1.54) is 10.8 Å². The summed E-state index contributed by atoms with van der Waals surface area (Å²) in [4.78, 5) is 0. The highest BCUT2D eigenvalue weighted by molar-refractivity contribution is 5.83. The van der Waals surface area contributed by atoms with Gasteiger partial charge >= 0.3 is 0 Å². The zero-order valence-electron chi connectivity index (χ0n) is 12.5. The van der Waals surface area contributed by atoms with Gasteiger partial charge in [-0.3, -0.25) is 0 Å². The van der Waals surface area contributed by atoms with Gasteiger partial charge in [-0.2, -0.15) is 0 Å². The normalized spacial score (nSPS) is 21.8. The fourth-order valence-corrected chi connectivity index (χ4v) is 2.80. The van der Waals surface area contributed by atoms with Crippen LogP contribution in [-0.2, 0) is 4.74 Å². The zero-order chi connectivity index (χ0) is 14.5. The first-order valence-corrected chi connectivity index (χ1v) is 7.83. The first-order valence-electron chi connectivity index (χ1n) is 7.83. The third-order valence-corrected chi connectivity index (χ3v) is 3.97. The van der Waals surface area contributed by atoms with E-state index in [4.69, 9.17) is 9.47 Å². The lowest BCUT2D eigenvalue weighted by molar-refractivity contribution is 0.0188. The topological polar surface area (TPSA) is 30.5 Å². The van der Waals surface area contributed by atoms with E-state index in [1.807, 2.05) is 6.07 Å². The predicted octanol–water partition coefficient (Wildman–Crippen LogP) is 3.38. The summed E-state index contributed by atoms with van der Waals surface area (Å²) < 4.78 is 11.9. The molecule has 3 rings (SSSR count). The molecule has 0 saturated carbocycles. The van der Waals surface area contributed by atoms with Crippen molar-refractivity contribution in [1.82, 2.24) is 5.32 Å². The van der Waals surface area contributed by atoms with Crippen LogP contribution in [0.25, 0.3) is 10.8 Å². The molecule has 3 nitrogen and oxygen atoms in total. The first-order chi connectivity index (χ1) is 10.3. The molecule has 1 N–H and O–H groups in total. The van der Waals surface area contributed by atoms with Crippen LogP contribution in [0.15, 0.2) is 42.5 Å². The van der Waals surface area contributed by atoms with Gasteiger partial charge in [-0.25, -0.2) is 0 Å². The standard InChI is InChI=1S/C18H23NO2/c1-2-19-12-17-9-10-18(21-17)13-20-16-8-7-14-5-3-4-6-15(14)11-16/h3-8,11,17-19H,2,9-10,12-13H2,1H3. The van der Waals surface area contributed by atoms with Crippen LogP contribution in [-0.4, -0.2) is 31.9 Å².